The number of nitrogens with one attached hydrogen (secondary N) is 3. The molecule has 1 aromatic heterocycles. The van der Waals surface area contributed by atoms with E-state index < -0.39 is 5.41 Å². The molecule has 0 atom stereocenters. The number of anilines is 2. The van der Waals surface area contributed by atoms with E-state index in [1.807, 2.05) is 18.2 Å². The number of hydrogen-bond donors (Lipinski definition) is 3. The molecule has 1 aliphatic carbocycles. The summed E-state index contributed by atoms with van der Waals surface area (Å²) in [5.74, 6) is -0.721. The second kappa shape index (κ2) is 10.9. The number of aryl methyl sites for hydroxylation is 1. The molecule has 0 radical (unpaired) electrons. The maximum atomic E-state index is 13.6. The van der Waals surface area contributed by atoms with Crippen LogP contribution in [0.3, 0.4) is 0 Å². The molecule has 37 heavy (non-hydrogen) atoms. The maximum absolute atomic E-state index is 13.6. The van der Waals surface area contributed by atoms with Crippen molar-refractivity contribution in [3.8, 4) is 0 Å². The molecule has 3 heterocycles. The van der Waals surface area contributed by atoms with Gasteiger partial charge in [0, 0.05) is 37.8 Å². The molecule has 2 aromatic rings. The van der Waals surface area contributed by atoms with Gasteiger partial charge in [0.15, 0.2) is 0 Å². The minimum absolute atomic E-state index is 0.00823. The Morgan fingerprint density at radius 2 is 1.73 bits per heavy atom. The molecular formula is C28H35N5O4. The number of carbonyl (C=O) groups excluding carboxylic acids is 3. The van der Waals surface area contributed by atoms with Crippen LogP contribution < -0.4 is 16.0 Å². The molecule has 3 N–H and O–H groups in total. The summed E-state index contributed by atoms with van der Waals surface area (Å²) in [4.78, 5) is 39.6. The first-order chi connectivity index (χ1) is 18.0. The number of allylic oxidation sites excluding steroid dienone is 1. The number of amides is 3. The van der Waals surface area contributed by atoms with Crippen molar-refractivity contribution in [2.75, 3.05) is 23.8 Å². The van der Waals surface area contributed by atoms with Crippen molar-refractivity contribution >= 4 is 29.1 Å². The van der Waals surface area contributed by atoms with E-state index in [4.69, 9.17) is 4.74 Å². The fourth-order valence-electron chi connectivity index (χ4n) is 5.76. The van der Waals surface area contributed by atoms with Crippen molar-refractivity contribution in [3.05, 3.63) is 53.0 Å². The zero-order chi connectivity index (χ0) is 25.8. The van der Waals surface area contributed by atoms with Crippen LogP contribution in [0.1, 0.15) is 80.3 Å². The number of benzene rings is 1. The molecule has 0 bridgehead atoms. The largest absolute Gasteiger partial charge is 0.381 e. The molecule has 3 amide bonds. The van der Waals surface area contributed by atoms with Gasteiger partial charge in [-0.1, -0.05) is 31.7 Å². The first kappa shape index (κ1) is 25.2. The fourth-order valence-corrected chi connectivity index (χ4v) is 5.76. The van der Waals surface area contributed by atoms with Crippen LogP contribution in [0.15, 0.2) is 41.7 Å². The topological polar surface area (TPSA) is 114 Å². The lowest BCUT2D eigenvalue weighted by atomic mass is 9.75. The number of ether oxygens (including phenoxy) is 1. The van der Waals surface area contributed by atoms with Gasteiger partial charge in [-0.2, -0.15) is 5.10 Å². The minimum Gasteiger partial charge on any atom is -0.381 e. The molecule has 1 saturated carbocycles. The number of fused-ring (bicyclic) bond motifs is 2. The predicted octanol–water partition coefficient (Wildman–Crippen LogP) is 4.18. The van der Waals surface area contributed by atoms with E-state index in [1.165, 1.54) is 17.5 Å². The number of rotatable bonds is 4. The Morgan fingerprint density at radius 3 is 2.41 bits per heavy atom. The average molecular weight is 506 g/mol. The predicted molar refractivity (Wildman–Crippen MR) is 140 cm³/mol. The fraction of sp³-hybridized carbons (Fsp3) is 0.500. The van der Waals surface area contributed by atoms with Gasteiger partial charge in [-0.15, -0.1) is 0 Å². The summed E-state index contributed by atoms with van der Waals surface area (Å²) >= 11 is 0. The highest BCUT2D eigenvalue weighted by Gasteiger charge is 2.47. The van der Waals surface area contributed by atoms with Crippen LogP contribution >= 0.6 is 0 Å². The lowest BCUT2D eigenvalue weighted by Crippen LogP contribution is -2.39. The van der Waals surface area contributed by atoms with Gasteiger partial charge in [0.1, 0.15) is 11.4 Å². The zero-order valence-corrected chi connectivity index (χ0v) is 21.4. The van der Waals surface area contributed by atoms with Crippen molar-refractivity contribution < 1.29 is 19.1 Å². The Kier molecular flexibility index (Phi) is 7.41. The van der Waals surface area contributed by atoms with E-state index in [0.29, 0.717) is 43.1 Å². The third-order valence-electron chi connectivity index (χ3n) is 7.90. The Balaban J connectivity index is 1.41. The van der Waals surface area contributed by atoms with Crippen LogP contribution in [0.2, 0.25) is 0 Å². The zero-order valence-electron chi connectivity index (χ0n) is 21.4. The Hall–Kier alpha value is -3.46. The van der Waals surface area contributed by atoms with Crippen molar-refractivity contribution in [2.24, 2.45) is 7.05 Å². The van der Waals surface area contributed by atoms with Crippen LogP contribution in [0.5, 0.6) is 0 Å². The Labute approximate surface area is 217 Å². The first-order valence-corrected chi connectivity index (χ1v) is 13.3. The lowest BCUT2D eigenvalue weighted by Gasteiger charge is -2.31. The van der Waals surface area contributed by atoms with E-state index in [-0.39, 0.29) is 17.7 Å². The van der Waals surface area contributed by atoms with Gasteiger partial charge in [-0.25, -0.2) is 0 Å². The molecule has 5 rings (SSSR count). The first-order valence-electron chi connectivity index (χ1n) is 13.3. The molecule has 1 spiro atoms. The van der Waals surface area contributed by atoms with Crippen molar-refractivity contribution in [3.63, 3.8) is 0 Å². The summed E-state index contributed by atoms with van der Waals surface area (Å²) in [5.41, 5.74) is 3.38. The summed E-state index contributed by atoms with van der Waals surface area (Å²) in [7, 11) is 1.70. The molecule has 1 saturated heterocycles. The van der Waals surface area contributed by atoms with Gasteiger partial charge in [-0.3, -0.25) is 19.1 Å². The summed E-state index contributed by atoms with van der Waals surface area (Å²) in [6, 6.07) is 7.20. The SMILES string of the molecule is Cn1nccc1C(=O)NC(C(=O)Nc1ccc2c(c1)NC(=O)C21CCOCC1)=C1CCCCCCCC1. The molecule has 0 unspecified atom stereocenters. The second-order valence-electron chi connectivity index (χ2n) is 10.3. The third kappa shape index (κ3) is 5.18. The molecule has 9 heteroatoms. The third-order valence-corrected chi connectivity index (χ3v) is 7.90. The molecule has 196 valence electrons. The van der Waals surface area contributed by atoms with Gasteiger partial charge in [-0.05, 0) is 67.9 Å². The van der Waals surface area contributed by atoms with Crippen molar-refractivity contribution in [2.45, 2.75) is 69.6 Å². The lowest BCUT2D eigenvalue weighted by molar-refractivity contribution is -0.124. The van der Waals surface area contributed by atoms with Gasteiger partial charge < -0.3 is 20.7 Å². The monoisotopic (exact) mass is 505 g/mol. The van der Waals surface area contributed by atoms with Gasteiger partial charge >= 0.3 is 0 Å². The second-order valence-corrected chi connectivity index (χ2v) is 10.3. The van der Waals surface area contributed by atoms with Crippen molar-refractivity contribution in [1.82, 2.24) is 15.1 Å². The standard InChI is InChI=1S/C28H35N5O4/c1-33-23(12-15-29-33)25(34)32-24(19-8-6-4-2-3-5-7-9-19)26(35)30-20-10-11-21-22(18-20)31-27(36)28(21)13-16-37-17-14-28/h10-12,15,18H,2-9,13-14,16-17H2,1H3,(H,30,35)(H,31,36)(H,32,34). The molecule has 2 aliphatic heterocycles. The Morgan fingerprint density at radius 1 is 1.03 bits per heavy atom. The molecule has 9 nitrogen and oxygen atoms in total. The van der Waals surface area contributed by atoms with E-state index in [9.17, 15) is 14.4 Å². The highest BCUT2D eigenvalue weighted by molar-refractivity contribution is 6.10. The number of carbonyl (C=O) groups is 3. The van der Waals surface area contributed by atoms with E-state index in [1.54, 1.807) is 19.3 Å². The van der Waals surface area contributed by atoms with Crippen LogP contribution in [0, 0.1) is 0 Å². The Bertz CT molecular complexity index is 1210. The highest BCUT2D eigenvalue weighted by atomic mass is 16.5. The summed E-state index contributed by atoms with van der Waals surface area (Å²) in [6.45, 7) is 1.11. The molecular weight excluding hydrogens is 470 g/mol. The maximum Gasteiger partial charge on any atom is 0.274 e. The van der Waals surface area contributed by atoms with Crippen LogP contribution in [-0.2, 0) is 26.8 Å². The summed E-state index contributed by atoms with van der Waals surface area (Å²) < 4.78 is 6.98. The molecule has 2 fully saturated rings. The average Bonchev–Trinajstić information content (AvgIpc) is 3.47. The number of nitrogens with zero attached hydrogens (tertiary/aromatic N) is 2. The quantitative estimate of drug-likeness (QED) is 0.540. The number of aromatic nitrogens is 2. The molecule has 3 aliphatic rings. The summed E-state index contributed by atoms with van der Waals surface area (Å²) in [5, 5.41) is 13.0. The van der Waals surface area contributed by atoms with Crippen LogP contribution in [-0.4, -0.2) is 40.7 Å². The van der Waals surface area contributed by atoms with E-state index in [0.717, 1.165) is 55.3 Å². The van der Waals surface area contributed by atoms with Gasteiger partial charge in [0.2, 0.25) is 5.91 Å². The summed E-state index contributed by atoms with van der Waals surface area (Å²) in [6.07, 6.45) is 11.0. The van der Waals surface area contributed by atoms with Gasteiger partial charge in [0.05, 0.1) is 5.41 Å². The number of hydrogen-bond acceptors (Lipinski definition) is 5. The van der Waals surface area contributed by atoms with Crippen molar-refractivity contribution in [1.29, 1.82) is 0 Å². The highest BCUT2D eigenvalue weighted by Crippen LogP contribution is 2.45. The van der Waals surface area contributed by atoms with Crippen LogP contribution in [0.4, 0.5) is 11.4 Å². The van der Waals surface area contributed by atoms with E-state index in [2.05, 4.69) is 21.0 Å². The van der Waals surface area contributed by atoms with Gasteiger partial charge in [0.25, 0.3) is 11.8 Å². The smallest absolute Gasteiger partial charge is 0.274 e. The normalized spacial score (nSPS) is 19.3. The van der Waals surface area contributed by atoms with E-state index >= 15 is 0 Å². The minimum atomic E-state index is -0.558. The molecule has 1 aromatic carbocycles. The van der Waals surface area contributed by atoms with Crippen LogP contribution in [0.25, 0.3) is 0 Å².